The molecule has 24 heavy (non-hydrogen) atoms. The Balaban J connectivity index is 1.40. The van der Waals surface area contributed by atoms with Crippen LogP contribution in [0, 0.1) is 0 Å². The first-order valence-corrected chi connectivity index (χ1v) is 8.53. The predicted molar refractivity (Wildman–Crippen MR) is 88.7 cm³/mol. The van der Waals surface area contributed by atoms with Crippen LogP contribution in [0.4, 0.5) is 0 Å². The first-order chi connectivity index (χ1) is 11.7. The maximum absolute atomic E-state index is 12.1. The molecule has 1 aliphatic rings. The highest BCUT2D eigenvalue weighted by Crippen LogP contribution is 2.13. The quantitative estimate of drug-likeness (QED) is 0.828. The molecular weight excluding hydrogens is 308 g/mol. The molecule has 3 heterocycles. The van der Waals surface area contributed by atoms with Crippen molar-refractivity contribution in [3.05, 3.63) is 30.2 Å². The number of hydrogen-bond donors (Lipinski definition) is 1. The number of carbonyl (C=O) groups is 1. The number of nitrogens with zero attached hydrogens (tertiary/aromatic N) is 3. The van der Waals surface area contributed by atoms with Crippen LogP contribution < -0.4 is 5.32 Å². The number of amides is 1. The fourth-order valence-corrected chi connectivity index (χ4v) is 2.77. The Morgan fingerprint density at radius 1 is 1.46 bits per heavy atom. The third kappa shape index (κ3) is 4.30. The van der Waals surface area contributed by atoms with Crippen molar-refractivity contribution in [1.29, 1.82) is 0 Å². The molecule has 0 saturated carbocycles. The van der Waals surface area contributed by atoms with Crippen LogP contribution in [-0.4, -0.2) is 52.5 Å². The number of carbonyl (C=O) groups excluding carboxylic acids is 1. The van der Waals surface area contributed by atoms with Gasteiger partial charge in [0.25, 0.3) is 0 Å². The van der Waals surface area contributed by atoms with Gasteiger partial charge in [0.2, 0.25) is 5.91 Å². The second-order valence-corrected chi connectivity index (χ2v) is 6.05. The van der Waals surface area contributed by atoms with E-state index in [-0.39, 0.29) is 12.0 Å². The fraction of sp³-hybridized carbons (Fsp3) is 0.588. The summed E-state index contributed by atoms with van der Waals surface area (Å²) in [4.78, 5) is 12.1. The van der Waals surface area contributed by atoms with Gasteiger partial charge in [-0.1, -0.05) is 6.07 Å². The van der Waals surface area contributed by atoms with Crippen molar-refractivity contribution in [2.24, 2.45) is 0 Å². The van der Waals surface area contributed by atoms with E-state index in [2.05, 4.69) is 15.5 Å². The second kappa shape index (κ2) is 8.21. The van der Waals surface area contributed by atoms with Crippen molar-refractivity contribution in [2.75, 3.05) is 19.8 Å². The summed E-state index contributed by atoms with van der Waals surface area (Å²) in [6, 6.07) is 5.75. The number of nitrogens with one attached hydrogen (secondary N) is 1. The van der Waals surface area contributed by atoms with Crippen LogP contribution in [0.1, 0.15) is 32.0 Å². The lowest BCUT2D eigenvalue weighted by molar-refractivity contribution is -0.135. The van der Waals surface area contributed by atoms with Crippen LogP contribution in [0.15, 0.2) is 24.4 Å². The van der Waals surface area contributed by atoms with Crippen LogP contribution in [0.5, 0.6) is 0 Å². The maximum Gasteiger partial charge on any atom is 0.248 e. The van der Waals surface area contributed by atoms with Gasteiger partial charge in [0.1, 0.15) is 11.9 Å². The molecule has 0 aromatic carbocycles. The summed E-state index contributed by atoms with van der Waals surface area (Å²) in [6.07, 6.45) is 5.47. The van der Waals surface area contributed by atoms with E-state index in [0.717, 1.165) is 30.9 Å². The molecule has 1 saturated heterocycles. The lowest BCUT2D eigenvalue weighted by Crippen LogP contribution is -2.37. The van der Waals surface area contributed by atoms with Crippen molar-refractivity contribution in [2.45, 2.75) is 44.8 Å². The minimum Gasteiger partial charge on any atom is -0.376 e. The average Bonchev–Trinajstić information content (AvgIpc) is 3.04. The maximum atomic E-state index is 12.1. The van der Waals surface area contributed by atoms with Gasteiger partial charge in [-0.15, -0.1) is 10.2 Å². The Bertz CT molecular complexity index is 667. The van der Waals surface area contributed by atoms with E-state index in [0.29, 0.717) is 19.6 Å². The molecule has 7 nitrogen and oxygen atoms in total. The molecule has 3 rings (SSSR count). The lowest BCUT2D eigenvalue weighted by atomic mass is 10.1. The first kappa shape index (κ1) is 16.9. The van der Waals surface area contributed by atoms with Crippen LogP contribution in [0.25, 0.3) is 5.65 Å². The van der Waals surface area contributed by atoms with E-state index >= 15 is 0 Å². The molecule has 0 spiro atoms. The summed E-state index contributed by atoms with van der Waals surface area (Å²) in [5.74, 6) is 0.717. The minimum absolute atomic E-state index is 0.111. The zero-order valence-corrected chi connectivity index (χ0v) is 14.0. The van der Waals surface area contributed by atoms with Gasteiger partial charge in [0.15, 0.2) is 5.65 Å². The van der Waals surface area contributed by atoms with E-state index < -0.39 is 6.10 Å². The molecule has 0 bridgehead atoms. The van der Waals surface area contributed by atoms with E-state index in [1.165, 1.54) is 6.42 Å². The van der Waals surface area contributed by atoms with Crippen LogP contribution >= 0.6 is 0 Å². The SMILES string of the molecule is C[C@@H](OC[C@H]1CCCCO1)C(=O)NCCc1nnc2ccccn12. The monoisotopic (exact) mass is 332 g/mol. The molecule has 1 aliphatic heterocycles. The minimum atomic E-state index is -0.481. The van der Waals surface area contributed by atoms with Crippen molar-refractivity contribution in [3.63, 3.8) is 0 Å². The van der Waals surface area contributed by atoms with Crippen molar-refractivity contribution >= 4 is 11.6 Å². The van der Waals surface area contributed by atoms with E-state index in [9.17, 15) is 4.79 Å². The molecule has 0 radical (unpaired) electrons. The highest BCUT2D eigenvalue weighted by Gasteiger charge is 2.18. The average molecular weight is 332 g/mol. The van der Waals surface area contributed by atoms with Gasteiger partial charge in [-0.2, -0.15) is 0 Å². The van der Waals surface area contributed by atoms with Crippen molar-refractivity contribution in [1.82, 2.24) is 19.9 Å². The largest absolute Gasteiger partial charge is 0.376 e. The molecule has 0 unspecified atom stereocenters. The molecule has 2 atom stereocenters. The number of hydrogen-bond acceptors (Lipinski definition) is 5. The Labute approximate surface area is 141 Å². The molecule has 7 heteroatoms. The van der Waals surface area contributed by atoms with Crippen molar-refractivity contribution < 1.29 is 14.3 Å². The second-order valence-electron chi connectivity index (χ2n) is 6.05. The smallest absolute Gasteiger partial charge is 0.248 e. The zero-order valence-electron chi connectivity index (χ0n) is 14.0. The van der Waals surface area contributed by atoms with Crippen molar-refractivity contribution in [3.8, 4) is 0 Å². The molecule has 1 amide bonds. The fourth-order valence-electron chi connectivity index (χ4n) is 2.77. The zero-order chi connectivity index (χ0) is 16.8. The Morgan fingerprint density at radius 3 is 3.21 bits per heavy atom. The van der Waals surface area contributed by atoms with Gasteiger partial charge in [0, 0.05) is 25.8 Å². The summed E-state index contributed by atoms with van der Waals surface area (Å²) in [5.41, 5.74) is 0.808. The normalized spacial score (nSPS) is 19.3. The standard InChI is InChI=1S/C17H24N4O3/c1-13(24-12-14-6-3-5-11-23-14)17(22)18-9-8-16-20-19-15-7-2-4-10-21(15)16/h2,4,7,10,13-14H,3,5-6,8-9,11-12H2,1H3,(H,18,22)/t13-,14-/m1/s1. The van der Waals surface area contributed by atoms with Gasteiger partial charge >= 0.3 is 0 Å². The van der Waals surface area contributed by atoms with Gasteiger partial charge in [-0.3, -0.25) is 9.20 Å². The number of fused-ring (bicyclic) bond motifs is 1. The summed E-state index contributed by atoms with van der Waals surface area (Å²) < 4.78 is 13.2. The third-order valence-electron chi connectivity index (χ3n) is 4.21. The predicted octanol–water partition coefficient (Wildman–Crippen LogP) is 1.36. The van der Waals surface area contributed by atoms with Gasteiger partial charge in [-0.25, -0.2) is 0 Å². The number of pyridine rings is 1. The van der Waals surface area contributed by atoms with E-state index in [1.54, 1.807) is 6.92 Å². The molecule has 130 valence electrons. The van der Waals surface area contributed by atoms with Gasteiger partial charge < -0.3 is 14.8 Å². The Kier molecular flexibility index (Phi) is 5.77. The first-order valence-electron chi connectivity index (χ1n) is 8.53. The molecule has 2 aromatic heterocycles. The summed E-state index contributed by atoms with van der Waals surface area (Å²) in [5, 5.41) is 11.1. The third-order valence-corrected chi connectivity index (χ3v) is 4.21. The van der Waals surface area contributed by atoms with Crippen LogP contribution in [0.3, 0.4) is 0 Å². The summed E-state index contributed by atoms with van der Waals surface area (Å²) >= 11 is 0. The molecular formula is C17H24N4O3. The molecule has 1 N–H and O–H groups in total. The van der Waals surface area contributed by atoms with E-state index in [4.69, 9.17) is 9.47 Å². The number of rotatable bonds is 7. The van der Waals surface area contributed by atoms with Crippen LogP contribution in [0.2, 0.25) is 0 Å². The number of aromatic nitrogens is 3. The Morgan fingerprint density at radius 2 is 2.38 bits per heavy atom. The molecule has 1 fully saturated rings. The highest BCUT2D eigenvalue weighted by molar-refractivity contribution is 5.80. The van der Waals surface area contributed by atoms with Gasteiger partial charge in [0.05, 0.1) is 12.7 Å². The van der Waals surface area contributed by atoms with Crippen LogP contribution in [-0.2, 0) is 20.7 Å². The Hall–Kier alpha value is -1.99. The van der Waals surface area contributed by atoms with E-state index in [1.807, 2.05) is 28.8 Å². The number of ether oxygens (including phenoxy) is 2. The topological polar surface area (TPSA) is 77.8 Å². The lowest BCUT2D eigenvalue weighted by Gasteiger charge is -2.23. The summed E-state index contributed by atoms with van der Waals surface area (Å²) in [6.45, 7) is 3.54. The summed E-state index contributed by atoms with van der Waals surface area (Å²) in [7, 11) is 0. The highest BCUT2D eigenvalue weighted by atomic mass is 16.5. The molecule has 2 aromatic rings. The molecule has 0 aliphatic carbocycles. The van der Waals surface area contributed by atoms with Gasteiger partial charge in [-0.05, 0) is 38.3 Å².